The van der Waals surface area contributed by atoms with E-state index >= 15 is 0 Å². The Balaban J connectivity index is 1.50. The van der Waals surface area contributed by atoms with E-state index in [9.17, 15) is 19.2 Å². The molecule has 31 heavy (non-hydrogen) atoms. The topological polar surface area (TPSA) is 114 Å². The fraction of sp³-hybridized carbons (Fsp3) is 0.524. The Morgan fingerprint density at radius 1 is 1.10 bits per heavy atom. The average molecular weight is 433 g/mol. The molecule has 0 aliphatic carbocycles. The summed E-state index contributed by atoms with van der Waals surface area (Å²) in [6.45, 7) is 3.56. The summed E-state index contributed by atoms with van der Waals surface area (Å²) in [6, 6.07) is 3.21. The van der Waals surface area contributed by atoms with Gasteiger partial charge in [0.15, 0.2) is 18.1 Å². The highest BCUT2D eigenvalue weighted by atomic mass is 16.5. The molecule has 0 bridgehead atoms. The third kappa shape index (κ3) is 4.73. The summed E-state index contributed by atoms with van der Waals surface area (Å²) in [6.07, 6.45) is 0.472. The van der Waals surface area contributed by atoms with Crippen LogP contribution in [0.4, 0.5) is 4.79 Å². The monoisotopic (exact) mass is 433 g/mol. The van der Waals surface area contributed by atoms with Crippen LogP contribution < -0.4 is 14.8 Å². The Morgan fingerprint density at radius 3 is 2.32 bits per heavy atom. The number of carbonyl (C=O) groups is 4. The van der Waals surface area contributed by atoms with Gasteiger partial charge in [0.25, 0.3) is 11.8 Å². The molecule has 0 unspecified atom stereocenters. The van der Waals surface area contributed by atoms with Crippen molar-refractivity contribution in [2.45, 2.75) is 38.8 Å². The number of methoxy groups -OCH3 is 2. The number of carbonyl (C=O) groups excluding carboxylic acids is 4. The van der Waals surface area contributed by atoms with E-state index in [0.29, 0.717) is 31.0 Å². The number of nitrogens with one attached hydrogen (secondary N) is 1. The molecule has 0 aromatic heterocycles. The molecule has 2 aliphatic heterocycles. The van der Waals surface area contributed by atoms with Crippen LogP contribution in [-0.2, 0) is 32.1 Å². The van der Waals surface area contributed by atoms with Gasteiger partial charge in [-0.2, -0.15) is 0 Å². The van der Waals surface area contributed by atoms with E-state index in [1.807, 2.05) is 12.1 Å². The number of hydrogen-bond donors (Lipinski definition) is 1. The predicted molar refractivity (Wildman–Crippen MR) is 109 cm³/mol. The molecule has 168 valence electrons. The van der Waals surface area contributed by atoms with Crippen molar-refractivity contribution in [2.75, 3.05) is 33.9 Å². The molecule has 0 atom stereocenters. The quantitative estimate of drug-likeness (QED) is 0.501. The fourth-order valence-electron chi connectivity index (χ4n) is 3.63. The fourth-order valence-corrected chi connectivity index (χ4v) is 3.63. The summed E-state index contributed by atoms with van der Waals surface area (Å²) in [5, 5.41) is 2.54. The van der Waals surface area contributed by atoms with Gasteiger partial charge in [-0.15, -0.1) is 0 Å². The second-order valence-electron chi connectivity index (χ2n) is 7.96. The molecule has 3 rings (SSSR count). The maximum Gasteiger partial charge on any atom is 0.325 e. The first kappa shape index (κ1) is 22.4. The maximum atomic E-state index is 12.5. The lowest BCUT2D eigenvalue weighted by molar-refractivity contribution is -0.152. The van der Waals surface area contributed by atoms with Crippen LogP contribution in [0.1, 0.15) is 31.4 Å². The number of esters is 1. The third-order valence-corrected chi connectivity index (χ3v) is 5.41. The van der Waals surface area contributed by atoms with Crippen molar-refractivity contribution in [3.8, 4) is 11.5 Å². The average Bonchev–Trinajstić information content (AvgIpc) is 2.95. The highest BCUT2D eigenvalue weighted by Crippen LogP contribution is 2.33. The number of urea groups is 1. The second kappa shape index (κ2) is 8.83. The first-order chi connectivity index (χ1) is 14.7. The summed E-state index contributed by atoms with van der Waals surface area (Å²) in [5.74, 6) is -0.137. The van der Waals surface area contributed by atoms with Crippen molar-refractivity contribution >= 4 is 23.8 Å². The standard InChI is InChI=1S/C21H27N3O7/c1-21(2)19(27)24(20(28)22-21)8-6-18(26)31-12-17(25)23-7-5-13-9-15(29-3)16(30-4)10-14(13)11-23/h9-10H,5-8,11-12H2,1-4H3,(H,22,28). The molecule has 10 nitrogen and oxygen atoms in total. The van der Waals surface area contributed by atoms with E-state index < -0.39 is 30.1 Å². The predicted octanol–water partition coefficient (Wildman–Crippen LogP) is 0.852. The summed E-state index contributed by atoms with van der Waals surface area (Å²) < 4.78 is 15.7. The van der Waals surface area contributed by atoms with Gasteiger partial charge in [0.1, 0.15) is 5.54 Å². The van der Waals surface area contributed by atoms with Gasteiger partial charge in [-0.1, -0.05) is 0 Å². The number of fused-ring (bicyclic) bond motifs is 1. The first-order valence-corrected chi connectivity index (χ1v) is 9.97. The van der Waals surface area contributed by atoms with E-state index in [1.165, 1.54) is 0 Å². The van der Waals surface area contributed by atoms with Crippen molar-refractivity contribution in [3.05, 3.63) is 23.3 Å². The lowest BCUT2D eigenvalue weighted by atomic mass is 9.99. The Kier molecular flexibility index (Phi) is 6.37. The van der Waals surface area contributed by atoms with Crippen LogP contribution in [0.25, 0.3) is 0 Å². The number of rotatable bonds is 7. The second-order valence-corrected chi connectivity index (χ2v) is 7.96. The smallest absolute Gasteiger partial charge is 0.325 e. The summed E-state index contributed by atoms with van der Waals surface area (Å²) in [7, 11) is 3.12. The SMILES string of the molecule is COc1cc2c(cc1OC)CN(C(=O)COC(=O)CCN1C(=O)NC(C)(C)C1=O)CC2. The molecule has 2 heterocycles. The van der Waals surface area contributed by atoms with E-state index in [4.69, 9.17) is 14.2 Å². The van der Waals surface area contributed by atoms with Gasteiger partial charge < -0.3 is 24.4 Å². The zero-order valence-electron chi connectivity index (χ0n) is 18.1. The molecule has 4 amide bonds. The van der Waals surface area contributed by atoms with Crippen molar-refractivity contribution in [1.82, 2.24) is 15.1 Å². The summed E-state index contributed by atoms with van der Waals surface area (Å²) in [5.41, 5.74) is 1.04. The van der Waals surface area contributed by atoms with Crippen LogP contribution in [0, 0.1) is 0 Å². The minimum Gasteiger partial charge on any atom is -0.493 e. The third-order valence-electron chi connectivity index (χ3n) is 5.41. The zero-order chi connectivity index (χ0) is 22.8. The van der Waals surface area contributed by atoms with Gasteiger partial charge >= 0.3 is 12.0 Å². The van der Waals surface area contributed by atoms with Crippen molar-refractivity contribution in [3.63, 3.8) is 0 Å². The van der Waals surface area contributed by atoms with Gasteiger partial charge in [0, 0.05) is 19.6 Å². The number of hydrogen-bond acceptors (Lipinski definition) is 7. The zero-order valence-corrected chi connectivity index (χ0v) is 18.1. The van der Waals surface area contributed by atoms with Gasteiger partial charge in [-0.05, 0) is 43.5 Å². The van der Waals surface area contributed by atoms with Gasteiger partial charge in [-0.25, -0.2) is 4.79 Å². The minimum absolute atomic E-state index is 0.0974. The van der Waals surface area contributed by atoms with Crippen molar-refractivity contribution in [2.24, 2.45) is 0 Å². The molecule has 1 fully saturated rings. The normalized spacial score (nSPS) is 17.2. The van der Waals surface area contributed by atoms with Crippen LogP contribution in [-0.4, -0.2) is 73.1 Å². The van der Waals surface area contributed by atoms with Crippen LogP contribution >= 0.6 is 0 Å². The molecule has 1 N–H and O–H groups in total. The van der Waals surface area contributed by atoms with Crippen LogP contribution in [0.2, 0.25) is 0 Å². The summed E-state index contributed by atoms with van der Waals surface area (Å²) in [4.78, 5) is 51.1. The highest BCUT2D eigenvalue weighted by Gasteiger charge is 2.44. The van der Waals surface area contributed by atoms with Crippen LogP contribution in [0.3, 0.4) is 0 Å². The van der Waals surface area contributed by atoms with Crippen LogP contribution in [0.15, 0.2) is 12.1 Å². The van der Waals surface area contributed by atoms with E-state index in [0.717, 1.165) is 16.0 Å². The number of ether oxygens (including phenoxy) is 3. The first-order valence-electron chi connectivity index (χ1n) is 9.97. The maximum absolute atomic E-state index is 12.5. The highest BCUT2D eigenvalue weighted by molar-refractivity contribution is 6.06. The van der Waals surface area contributed by atoms with Crippen molar-refractivity contribution < 1.29 is 33.4 Å². The molecule has 1 aromatic rings. The lowest BCUT2D eigenvalue weighted by Crippen LogP contribution is -2.40. The van der Waals surface area contributed by atoms with E-state index in [1.54, 1.807) is 33.0 Å². The molecular weight excluding hydrogens is 406 g/mol. The largest absolute Gasteiger partial charge is 0.493 e. The number of benzene rings is 1. The molecule has 0 radical (unpaired) electrons. The Morgan fingerprint density at radius 2 is 1.74 bits per heavy atom. The molecule has 1 saturated heterocycles. The molecule has 2 aliphatic rings. The minimum atomic E-state index is -0.992. The van der Waals surface area contributed by atoms with Crippen LogP contribution in [0.5, 0.6) is 11.5 Å². The van der Waals surface area contributed by atoms with Gasteiger partial charge in [0.2, 0.25) is 0 Å². The Hall–Kier alpha value is -3.30. The molecule has 1 aromatic carbocycles. The van der Waals surface area contributed by atoms with Crippen molar-refractivity contribution in [1.29, 1.82) is 0 Å². The Bertz CT molecular complexity index is 912. The number of amides is 4. The van der Waals surface area contributed by atoms with E-state index in [2.05, 4.69) is 5.32 Å². The summed E-state index contributed by atoms with van der Waals surface area (Å²) >= 11 is 0. The van der Waals surface area contributed by atoms with Gasteiger partial charge in [-0.3, -0.25) is 19.3 Å². The van der Waals surface area contributed by atoms with E-state index in [-0.39, 0.29) is 18.9 Å². The number of imide groups is 1. The van der Waals surface area contributed by atoms with Gasteiger partial charge in [0.05, 0.1) is 20.6 Å². The Labute approximate surface area is 180 Å². The molecule has 0 saturated carbocycles. The molecular formula is C21H27N3O7. The lowest BCUT2D eigenvalue weighted by Gasteiger charge is -2.29. The number of nitrogens with zero attached hydrogens (tertiary/aromatic N) is 2. The molecule has 10 heteroatoms. The molecule has 0 spiro atoms.